The number of anilines is 1. The fourth-order valence-corrected chi connectivity index (χ4v) is 3.38. The summed E-state index contributed by atoms with van der Waals surface area (Å²) in [4.78, 5) is 29.0. The number of piperazine rings is 1. The zero-order valence-corrected chi connectivity index (χ0v) is 17.1. The Kier molecular flexibility index (Phi) is 6.57. The molecule has 0 aromatic heterocycles. The number of carbonyl (C=O) groups is 2. The van der Waals surface area contributed by atoms with Crippen LogP contribution in [0.3, 0.4) is 0 Å². The molecular weight excluding hydrogens is 374 g/mol. The second kappa shape index (κ2) is 9.11. The summed E-state index contributed by atoms with van der Waals surface area (Å²) >= 11 is 6.07. The van der Waals surface area contributed by atoms with Crippen molar-refractivity contribution in [1.82, 2.24) is 10.2 Å². The van der Waals surface area contributed by atoms with Gasteiger partial charge in [0.15, 0.2) is 0 Å². The molecule has 1 aliphatic heterocycles. The van der Waals surface area contributed by atoms with Crippen molar-refractivity contribution in [1.29, 1.82) is 0 Å². The lowest BCUT2D eigenvalue weighted by Gasteiger charge is -2.36. The smallest absolute Gasteiger partial charge is 0.253 e. The fraction of sp³-hybridized carbons (Fsp3) is 0.364. The third-order valence-electron chi connectivity index (χ3n) is 5.12. The summed E-state index contributed by atoms with van der Waals surface area (Å²) in [7, 11) is 0. The molecule has 28 heavy (non-hydrogen) atoms. The number of nitrogens with one attached hydrogen (secondary N) is 1. The normalized spacial score (nSPS) is 15.2. The number of carbonyl (C=O) groups excluding carboxylic acids is 2. The molecule has 2 aromatic carbocycles. The minimum Gasteiger partial charge on any atom is -0.368 e. The van der Waals surface area contributed by atoms with Crippen molar-refractivity contribution in [3.8, 4) is 0 Å². The van der Waals surface area contributed by atoms with Crippen molar-refractivity contribution in [3.05, 3.63) is 64.7 Å². The highest BCUT2D eigenvalue weighted by Gasteiger charge is 2.22. The van der Waals surface area contributed by atoms with E-state index in [4.69, 9.17) is 11.6 Å². The molecular formula is C22H26ClN3O2. The summed E-state index contributed by atoms with van der Waals surface area (Å²) in [6, 6.07) is 14.8. The van der Waals surface area contributed by atoms with Crippen LogP contribution in [0, 0.1) is 0 Å². The highest BCUT2D eigenvalue weighted by Crippen LogP contribution is 2.21. The fourth-order valence-electron chi connectivity index (χ4n) is 3.20. The molecule has 1 atom stereocenters. The lowest BCUT2D eigenvalue weighted by atomic mass is 10.1. The standard InChI is InChI=1S/C22H26ClN3O2/c1-3-16(2)24-21(27)17-7-9-18(10-8-17)22(28)26-13-11-25(12-14-26)20-6-4-5-19(23)15-20/h4-10,15-16H,3,11-14H2,1-2H3,(H,24,27). The van der Waals surface area contributed by atoms with E-state index in [1.165, 1.54) is 0 Å². The van der Waals surface area contributed by atoms with Gasteiger partial charge in [0, 0.05) is 54.1 Å². The molecule has 0 spiro atoms. The molecule has 1 heterocycles. The predicted octanol–water partition coefficient (Wildman–Crippen LogP) is 3.83. The van der Waals surface area contributed by atoms with Crippen molar-refractivity contribution in [2.75, 3.05) is 31.1 Å². The Balaban J connectivity index is 1.58. The van der Waals surface area contributed by atoms with Gasteiger partial charge in [-0.1, -0.05) is 24.6 Å². The summed E-state index contributed by atoms with van der Waals surface area (Å²) < 4.78 is 0. The van der Waals surface area contributed by atoms with Crippen molar-refractivity contribution in [3.63, 3.8) is 0 Å². The maximum atomic E-state index is 12.8. The highest BCUT2D eigenvalue weighted by molar-refractivity contribution is 6.30. The quantitative estimate of drug-likeness (QED) is 0.831. The average molecular weight is 400 g/mol. The molecule has 0 radical (unpaired) electrons. The van der Waals surface area contributed by atoms with E-state index >= 15 is 0 Å². The van der Waals surface area contributed by atoms with Gasteiger partial charge in [-0.25, -0.2) is 0 Å². The molecule has 1 saturated heterocycles. The monoisotopic (exact) mass is 399 g/mol. The van der Waals surface area contributed by atoms with Crippen LogP contribution in [0.1, 0.15) is 41.0 Å². The number of rotatable bonds is 5. The lowest BCUT2D eigenvalue weighted by molar-refractivity contribution is 0.0746. The first-order valence-corrected chi connectivity index (χ1v) is 10.1. The molecule has 148 valence electrons. The van der Waals surface area contributed by atoms with Gasteiger partial charge in [-0.15, -0.1) is 0 Å². The van der Waals surface area contributed by atoms with E-state index in [9.17, 15) is 9.59 Å². The van der Waals surface area contributed by atoms with Crippen LogP contribution in [0.2, 0.25) is 5.02 Å². The topological polar surface area (TPSA) is 52.7 Å². The van der Waals surface area contributed by atoms with E-state index in [-0.39, 0.29) is 17.9 Å². The molecule has 2 aromatic rings. The van der Waals surface area contributed by atoms with Gasteiger partial charge in [0.05, 0.1) is 0 Å². The first kappa shape index (κ1) is 20.2. The van der Waals surface area contributed by atoms with E-state index in [2.05, 4.69) is 10.2 Å². The molecule has 0 bridgehead atoms. The van der Waals surface area contributed by atoms with Gasteiger partial charge < -0.3 is 15.1 Å². The van der Waals surface area contributed by atoms with Crippen LogP contribution in [-0.4, -0.2) is 48.9 Å². The van der Waals surface area contributed by atoms with E-state index in [0.29, 0.717) is 29.2 Å². The third kappa shape index (κ3) is 4.84. The van der Waals surface area contributed by atoms with Crippen LogP contribution in [0.4, 0.5) is 5.69 Å². The van der Waals surface area contributed by atoms with E-state index < -0.39 is 0 Å². The molecule has 3 rings (SSSR count). The number of nitrogens with zero attached hydrogens (tertiary/aromatic N) is 2. The van der Waals surface area contributed by atoms with Crippen LogP contribution in [0.5, 0.6) is 0 Å². The van der Waals surface area contributed by atoms with Gasteiger partial charge >= 0.3 is 0 Å². The lowest BCUT2D eigenvalue weighted by Crippen LogP contribution is -2.48. The summed E-state index contributed by atoms with van der Waals surface area (Å²) in [6.45, 7) is 6.84. The van der Waals surface area contributed by atoms with E-state index in [0.717, 1.165) is 25.2 Å². The largest absolute Gasteiger partial charge is 0.368 e. The van der Waals surface area contributed by atoms with Gasteiger partial charge in [-0.3, -0.25) is 9.59 Å². The maximum Gasteiger partial charge on any atom is 0.253 e. The molecule has 6 heteroatoms. The molecule has 2 amide bonds. The maximum absolute atomic E-state index is 12.8. The molecule has 1 fully saturated rings. The van der Waals surface area contributed by atoms with E-state index in [1.54, 1.807) is 24.3 Å². The van der Waals surface area contributed by atoms with Crippen LogP contribution < -0.4 is 10.2 Å². The first-order valence-electron chi connectivity index (χ1n) is 9.68. The molecule has 1 unspecified atom stereocenters. The van der Waals surface area contributed by atoms with Gasteiger partial charge in [-0.2, -0.15) is 0 Å². The Hall–Kier alpha value is -2.53. The zero-order valence-electron chi connectivity index (χ0n) is 16.3. The SMILES string of the molecule is CCC(C)NC(=O)c1ccc(C(=O)N2CCN(c3cccc(Cl)c3)CC2)cc1. The summed E-state index contributed by atoms with van der Waals surface area (Å²) in [6.07, 6.45) is 0.878. The van der Waals surface area contributed by atoms with Crippen molar-refractivity contribution < 1.29 is 9.59 Å². The Bertz CT molecular complexity index is 830. The van der Waals surface area contributed by atoms with Crippen LogP contribution >= 0.6 is 11.6 Å². The second-order valence-electron chi connectivity index (χ2n) is 7.12. The van der Waals surface area contributed by atoms with Crippen molar-refractivity contribution in [2.24, 2.45) is 0 Å². The Labute approximate surface area is 171 Å². The number of amides is 2. The predicted molar refractivity (Wildman–Crippen MR) is 113 cm³/mol. The minimum atomic E-state index is -0.108. The number of benzene rings is 2. The van der Waals surface area contributed by atoms with Crippen molar-refractivity contribution in [2.45, 2.75) is 26.3 Å². The molecule has 1 N–H and O–H groups in total. The third-order valence-corrected chi connectivity index (χ3v) is 5.36. The van der Waals surface area contributed by atoms with E-state index in [1.807, 2.05) is 43.0 Å². The first-order chi connectivity index (χ1) is 13.5. The minimum absolute atomic E-state index is 0.000344. The number of halogens is 1. The summed E-state index contributed by atoms with van der Waals surface area (Å²) in [5.41, 5.74) is 2.26. The summed E-state index contributed by atoms with van der Waals surface area (Å²) in [5, 5.41) is 3.65. The molecule has 0 aliphatic carbocycles. The Morgan fingerprint density at radius 1 is 1.04 bits per heavy atom. The van der Waals surface area contributed by atoms with Gasteiger partial charge in [0.2, 0.25) is 0 Å². The average Bonchev–Trinajstić information content (AvgIpc) is 2.73. The number of hydrogen-bond acceptors (Lipinski definition) is 3. The Morgan fingerprint density at radius 3 is 2.29 bits per heavy atom. The summed E-state index contributed by atoms with van der Waals surface area (Å²) in [5.74, 6) is -0.108. The number of hydrogen-bond donors (Lipinski definition) is 1. The second-order valence-corrected chi connectivity index (χ2v) is 7.56. The molecule has 1 aliphatic rings. The molecule has 5 nitrogen and oxygen atoms in total. The Morgan fingerprint density at radius 2 is 1.68 bits per heavy atom. The molecule has 0 saturated carbocycles. The van der Waals surface area contributed by atoms with Crippen molar-refractivity contribution >= 4 is 29.1 Å². The zero-order chi connectivity index (χ0) is 20.1. The van der Waals surface area contributed by atoms with Gasteiger partial charge in [-0.05, 0) is 55.8 Å². The van der Waals surface area contributed by atoms with Gasteiger partial charge in [0.1, 0.15) is 0 Å². The van der Waals surface area contributed by atoms with Crippen LogP contribution in [0.15, 0.2) is 48.5 Å². The van der Waals surface area contributed by atoms with Crippen LogP contribution in [0.25, 0.3) is 0 Å². The van der Waals surface area contributed by atoms with Crippen LogP contribution in [-0.2, 0) is 0 Å². The van der Waals surface area contributed by atoms with Gasteiger partial charge in [0.25, 0.3) is 11.8 Å². The highest BCUT2D eigenvalue weighted by atomic mass is 35.5.